The number of benzene rings is 2. The molecule has 27 heavy (non-hydrogen) atoms. The number of rotatable bonds is 5. The van der Waals surface area contributed by atoms with Gasteiger partial charge < -0.3 is 10.1 Å². The van der Waals surface area contributed by atoms with Crippen molar-refractivity contribution in [2.45, 2.75) is 24.9 Å². The van der Waals surface area contributed by atoms with Gasteiger partial charge in [0.05, 0.1) is 10.6 Å². The van der Waals surface area contributed by atoms with Crippen LogP contribution < -0.4 is 15.2 Å². The van der Waals surface area contributed by atoms with Gasteiger partial charge in [-0.1, -0.05) is 12.1 Å². The molecule has 0 bridgehead atoms. The minimum absolute atomic E-state index is 0.00671. The number of aryl methyl sites for hydroxylation is 1. The Morgan fingerprint density at radius 3 is 2.41 bits per heavy atom. The Kier molecular flexibility index (Phi) is 5.81. The van der Waals surface area contributed by atoms with Gasteiger partial charge in [-0.05, 0) is 49.2 Å². The van der Waals surface area contributed by atoms with Crippen LogP contribution in [0.3, 0.4) is 0 Å². The van der Waals surface area contributed by atoms with E-state index in [1.54, 1.807) is 13.8 Å². The number of hydrogen-bond donors (Lipinski definition) is 2. The van der Waals surface area contributed by atoms with Crippen molar-refractivity contribution in [2.75, 3.05) is 11.9 Å². The number of para-hydroxylation sites is 2. The van der Waals surface area contributed by atoms with E-state index in [9.17, 15) is 26.4 Å². The Bertz CT molecular complexity index is 973. The Hall–Kier alpha value is -2.59. The van der Waals surface area contributed by atoms with E-state index in [1.807, 2.05) is 0 Å². The number of alkyl halides is 3. The lowest BCUT2D eigenvalue weighted by molar-refractivity contribution is -0.153. The second-order valence-corrected chi connectivity index (χ2v) is 7.35. The average molecular weight is 402 g/mol. The molecule has 0 spiro atoms. The second-order valence-electron chi connectivity index (χ2n) is 5.82. The van der Waals surface area contributed by atoms with Gasteiger partial charge in [0.2, 0.25) is 10.0 Å². The number of carbonyl (C=O) groups excluding carboxylic acids is 1. The van der Waals surface area contributed by atoms with Crippen LogP contribution in [-0.4, -0.2) is 27.1 Å². The van der Waals surface area contributed by atoms with Gasteiger partial charge in [0, 0.05) is 5.56 Å². The molecule has 2 aromatic rings. The standard InChI is InChI=1S/C17H17F3N2O4S/c1-10-7-12(8-15(11(10)2)27(21,24)25)16(23)22-13-5-3-4-6-14(13)26-9-17(18,19)20/h3-8H,9H2,1-2H3,(H,22,23)(H2,21,24,25). The van der Waals surface area contributed by atoms with E-state index < -0.39 is 28.7 Å². The molecule has 0 radical (unpaired) electrons. The summed E-state index contributed by atoms with van der Waals surface area (Å²) in [5.41, 5.74) is 0.936. The first-order valence-electron chi connectivity index (χ1n) is 7.62. The van der Waals surface area contributed by atoms with Crippen LogP contribution in [0.15, 0.2) is 41.3 Å². The highest BCUT2D eigenvalue weighted by Gasteiger charge is 2.29. The highest BCUT2D eigenvalue weighted by Crippen LogP contribution is 2.27. The van der Waals surface area contributed by atoms with Gasteiger partial charge in [0.25, 0.3) is 5.91 Å². The predicted molar refractivity (Wildman–Crippen MR) is 93.2 cm³/mol. The van der Waals surface area contributed by atoms with Gasteiger partial charge in [0.15, 0.2) is 6.61 Å². The Balaban J connectivity index is 2.33. The lowest BCUT2D eigenvalue weighted by atomic mass is 10.1. The monoisotopic (exact) mass is 402 g/mol. The van der Waals surface area contributed by atoms with E-state index in [-0.39, 0.29) is 21.9 Å². The molecular formula is C17H17F3N2O4S. The van der Waals surface area contributed by atoms with Gasteiger partial charge in [-0.15, -0.1) is 0 Å². The minimum Gasteiger partial charge on any atom is -0.482 e. The molecule has 1 amide bonds. The fourth-order valence-electron chi connectivity index (χ4n) is 2.30. The summed E-state index contributed by atoms with van der Waals surface area (Å²) in [5.74, 6) is -0.885. The number of ether oxygens (including phenoxy) is 1. The third-order valence-electron chi connectivity index (χ3n) is 3.72. The van der Waals surface area contributed by atoms with E-state index in [0.717, 1.165) is 6.07 Å². The number of primary sulfonamides is 1. The third-order valence-corrected chi connectivity index (χ3v) is 4.75. The van der Waals surface area contributed by atoms with Crippen LogP contribution in [0.4, 0.5) is 18.9 Å². The Morgan fingerprint density at radius 2 is 1.81 bits per heavy atom. The van der Waals surface area contributed by atoms with Crippen LogP contribution in [0.5, 0.6) is 5.75 Å². The maximum absolute atomic E-state index is 12.5. The topological polar surface area (TPSA) is 98.5 Å². The van der Waals surface area contributed by atoms with Crippen molar-refractivity contribution in [3.8, 4) is 5.75 Å². The second kappa shape index (κ2) is 7.57. The minimum atomic E-state index is -4.53. The molecule has 0 unspecified atom stereocenters. The maximum atomic E-state index is 12.5. The quantitative estimate of drug-likeness (QED) is 0.803. The summed E-state index contributed by atoms with van der Waals surface area (Å²) in [7, 11) is -4.05. The lowest BCUT2D eigenvalue weighted by Crippen LogP contribution is -2.21. The van der Waals surface area contributed by atoms with Crippen LogP contribution in [0.2, 0.25) is 0 Å². The van der Waals surface area contributed by atoms with Crippen molar-refractivity contribution in [3.63, 3.8) is 0 Å². The molecule has 10 heteroatoms. The Labute approximate surface area is 154 Å². The lowest BCUT2D eigenvalue weighted by Gasteiger charge is -2.15. The summed E-state index contributed by atoms with van der Waals surface area (Å²) in [4.78, 5) is 12.3. The molecule has 0 aliphatic heterocycles. The number of hydrogen-bond acceptors (Lipinski definition) is 4. The summed E-state index contributed by atoms with van der Waals surface area (Å²) in [6.07, 6.45) is -4.53. The SMILES string of the molecule is Cc1cc(C(=O)Nc2ccccc2OCC(F)(F)F)cc(S(N)(=O)=O)c1C. The van der Waals surface area contributed by atoms with Crippen molar-refractivity contribution >= 4 is 21.6 Å². The van der Waals surface area contributed by atoms with Gasteiger partial charge in [-0.25, -0.2) is 13.6 Å². The molecule has 0 saturated carbocycles. The zero-order valence-corrected chi connectivity index (χ0v) is 15.2. The highest BCUT2D eigenvalue weighted by atomic mass is 32.2. The van der Waals surface area contributed by atoms with Gasteiger partial charge in [-0.3, -0.25) is 4.79 Å². The van der Waals surface area contributed by atoms with E-state index in [0.29, 0.717) is 11.1 Å². The summed E-state index contributed by atoms with van der Waals surface area (Å²) in [6, 6.07) is 8.18. The molecule has 0 heterocycles. The highest BCUT2D eigenvalue weighted by molar-refractivity contribution is 7.89. The van der Waals surface area contributed by atoms with Crippen LogP contribution >= 0.6 is 0 Å². The first-order valence-corrected chi connectivity index (χ1v) is 9.17. The molecule has 0 aliphatic carbocycles. The molecular weight excluding hydrogens is 385 g/mol. The van der Waals surface area contributed by atoms with Crippen LogP contribution in [0.1, 0.15) is 21.5 Å². The summed E-state index contributed by atoms with van der Waals surface area (Å²) >= 11 is 0. The molecule has 0 aromatic heterocycles. The smallest absolute Gasteiger partial charge is 0.422 e. The first-order chi connectivity index (χ1) is 12.4. The van der Waals surface area contributed by atoms with Gasteiger partial charge in [0.1, 0.15) is 5.75 Å². The van der Waals surface area contributed by atoms with E-state index in [2.05, 4.69) is 5.32 Å². The van der Waals surface area contributed by atoms with Crippen molar-refractivity contribution < 1.29 is 31.1 Å². The fourth-order valence-corrected chi connectivity index (χ4v) is 3.18. The number of carbonyl (C=O) groups is 1. The van der Waals surface area contributed by atoms with E-state index >= 15 is 0 Å². The molecule has 0 atom stereocenters. The average Bonchev–Trinajstić information content (AvgIpc) is 2.54. The molecule has 2 rings (SSSR count). The molecule has 0 fully saturated rings. The maximum Gasteiger partial charge on any atom is 0.422 e. The zero-order chi connectivity index (χ0) is 20.4. The summed E-state index contributed by atoms with van der Waals surface area (Å²) in [5, 5.41) is 7.59. The number of amides is 1. The third kappa shape index (κ3) is 5.44. The Morgan fingerprint density at radius 1 is 1.19 bits per heavy atom. The fraction of sp³-hybridized carbons (Fsp3) is 0.235. The van der Waals surface area contributed by atoms with Gasteiger partial charge >= 0.3 is 6.18 Å². The van der Waals surface area contributed by atoms with Crippen molar-refractivity contribution in [1.82, 2.24) is 0 Å². The van der Waals surface area contributed by atoms with Crippen molar-refractivity contribution in [1.29, 1.82) is 0 Å². The molecule has 6 nitrogen and oxygen atoms in total. The van der Waals surface area contributed by atoms with Gasteiger partial charge in [-0.2, -0.15) is 13.2 Å². The van der Waals surface area contributed by atoms with Crippen LogP contribution in [0, 0.1) is 13.8 Å². The summed E-state index contributed by atoms with van der Waals surface area (Å²) in [6.45, 7) is 1.65. The molecule has 146 valence electrons. The molecule has 0 saturated heterocycles. The molecule has 3 N–H and O–H groups in total. The van der Waals surface area contributed by atoms with E-state index in [4.69, 9.17) is 9.88 Å². The number of anilines is 1. The zero-order valence-electron chi connectivity index (χ0n) is 14.4. The van der Waals surface area contributed by atoms with E-state index in [1.165, 1.54) is 30.3 Å². The van der Waals surface area contributed by atoms with Crippen LogP contribution in [0.25, 0.3) is 0 Å². The number of nitrogens with one attached hydrogen (secondary N) is 1. The molecule has 2 aromatic carbocycles. The number of sulfonamides is 1. The first kappa shape index (κ1) is 20.7. The van der Waals surface area contributed by atoms with Crippen molar-refractivity contribution in [3.05, 3.63) is 53.1 Å². The molecule has 0 aliphatic rings. The van der Waals surface area contributed by atoms with Crippen LogP contribution in [-0.2, 0) is 10.0 Å². The number of nitrogens with two attached hydrogens (primary N) is 1. The normalized spacial score (nSPS) is 11.9. The predicted octanol–water partition coefficient (Wildman–Crippen LogP) is 3.14. The van der Waals surface area contributed by atoms with Crippen molar-refractivity contribution in [2.24, 2.45) is 5.14 Å². The number of halogens is 3. The summed E-state index contributed by atoms with van der Waals surface area (Å²) < 4.78 is 65.2. The largest absolute Gasteiger partial charge is 0.482 e.